The smallest absolute Gasteiger partial charge is 0.336 e. The zero-order valence-electron chi connectivity index (χ0n) is 15.8. The molecule has 0 aliphatic rings. The van der Waals surface area contributed by atoms with Crippen molar-refractivity contribution in [2.75, 3.05) is 5.32 Å². The first kappa shape index (κ1) is 19.6. The average Bonchev–Trinajstić information content (AvgIpc) is 2.73. The van der Waals surface area contributed by atoms with E-state index in [0.717, 1.165) is 16.7 Å². The zero-order valence-corrected chi connectivity index (χ0v) is 15.8. The molecular weight excluding hydrogens is 364 g/mol. The lowest BCUT2D eigenvalue weighted by Crippen LogP contribution is -2.05. The minimum atomic E-state index is -0.484. The molecule has 0 unspecified atom stereocenters. The largest absolute Gasteiger partial charge is 0.423 e. The van der Waals surface area contributed by atoms with Crippen molar-refractivity contribution in [2.24, 2.45) is 0 Å². The molecule has 29 heavy (non-hydrogen) atoms. The fraction of sp³-hybridized carbons (Fsp3) is 0.0417. The maximum atomic E-state index is 12.0. The topological polar surface area (TPSA) is 79.2 Å². The molecule has 0 radical (unpaired) electrons. The van der Waals surface area contributed by atoms with Gasteiger partial charge in [-0.05, 0) is 59.2 Å². The van der Waals surface area contributed by atoms with Crippen molar-refractivity contribution in [3.05, 3.63) is 90.0 Å². The van der Waals surface area contributed by atoms with E-state index in [9.17, 15) is 9.59 Å². The maximum Gasteiger partial charge on any atom is 0.336 e. The minimum absolute atomic E-state index is 0.137. The summed E-state index contributed by atoms with van der Waals surface area (Å²) in [5, 5.41) is 11.5. The number of hydrogen-bond acceptors (Lipinski definition) is 4. The van der Waals surface area contributed by atoms with E-state index in [1.165, 1.54) is 13.0 Å². The lowest BCUT2D eigenvalue weighted by molar-refractivity contribution is -0.128. The number of nitrogens with one attached hydrogen (secondary N) is 1. The van der Waals surface area contributed by atoms with Crippen LogP contribution in [0.2, 0.25) is 0 Å². The Bertz CT molecular complexity index is 1070. The van der Waals surface area contributed by atoms with Crippen LogP contribution in [0.25, 0.3) is 17.2 Å². The highest BCUT2D eigenvalue weighted by Gasteiger charge is 2.03. The van der Waals surface area contributed by atoms with Gasteiger partial charge in [-0.3, -0.25) is 4.79 Å². The number of hydrogen-bond donors (Lipinski definition) is 1. The highest BCUT2D eigenvalue weighted by molar-refractivity contribution is 5.90. The van der Waals surface area contributed by atoms with Crippen LogP contribution >= 0.6 is 0 Å². The summed E-state index contributed by atoms with van der Waals surface area (Å²) in [7, 11) is 0. The van der Waals surface area contributed by atoms with Gasteiger partial charge in [-0.2, -0.15) is 5.26 Å². The van der Waals surface area contributed by atoms with Gasteiger partial charge < -0.3 is 10.1 Å². The molecule has 0 aliphatic carbocycles. The first-order chi connectivity index (χ1) is 14.0. The van der Waals surface area contributed by atoms with Crippen LogP contribution in [0.15, 0.2) is 78.9 Å². The maximum absolute atomic E-state index is 12.0. The molecule has 0 saturated heterocycles. The van der Waals surface area contributed by atoms with Crippen molar-refractivity contribution in [1.82, 2.24) is 0 Å². The van der Waals surface area contributed by atoms with E-state index in [1.54, 1.807) is 54.6 Å². The molecule has 0 bridgehead atoms. The molecule has 0 aromatic heterocycles. The quantitative estimate of drug-likeness (QED) is 0.390. The fourth-order valence-corrected chi connectivity index (χ4v) is 2.65. The van der Waals surface area contributed by atoms with Gasteiger partial charge in [0.25, 0.3) is 0 Å². The van der Waals surface area contributed by atoms with Gasteiger partial charge >= 0.3 is 5.97 Å². The van der Waals surface area contributed by atoms with E-state index >= 15 is 0 Å². The monoisotopic (exact) mass is 382 g/mol. The number of nitrogens with zero attached hydrogens (tertiary/aromatic N) is 1. The molecule has 0 spiro atoms. The number of carbonyl (C=O) groups excluding carboxylic acids is 2. The van der Waals surface area contributed by atoms with E-state index in [4.69, 9.17) is 10.00 Å². The SMILES string of the molecule is CC(=O)Nc1ccc(/C=C/C(=O)Oc2ccc(-c3ccc(C#N)cc3)cc2)cc1. The molecule has 0 aliphatic heterocycles. The molecule has 0 heterocycles. The van der Waals surface area contributed by atoms with E-state index in [0.29, 0.717) is 17.0 Å². The highest BCUT2D eigenvalue weighted by atomic mass is 16.5. The van der Waals surface area contributed by atoms with E-state index in [-0.39, 0.29) is 5.91 Å². The van der Waals surface area contributed by atoms with Crippen LogP contribution in [0.3, 0.4) is 0 Å². The molecule has 0 fully saturated rings. The lowest BCUT2D eigenvalue weighted by Gasteiger charge is -2.05. The Morgan fingerprint density at radius 1 is 0.897 bits per heavy atom. The zero-order chi connectivity index (χ0) is 20.6. The van der Waals surface area contributed by atoms with Crippen molar-refractivity contribution in [3.63, 3.8) is 0 Å². The second kappa shape index (κ2) is 9.16. The summed E-state index contributed by atoms with van der Waals surface area (Å²) >= 11 is 0. The highest BCUT2D eigenvalue weighted by Crippen LogP contribution is 2.23. The van der Waals surface area contributed by atoms with Gasteiger partial charge in [0.15, 0.2) is 0 Å². The standard InChI is InChI=1S/C24H18N2O3/c1-17(27)26-22-11-4-18(5-12-22)6-15-24(28)29-23-13-9-21(10-14-23)20-7-2-19(16-25)3-8-20/h2-15H,1H3,(H,26,27)/b15-6+. The summed E-state index contributed by atoms with van der Waals surface area (Å²) in [6, 6.07) is 23.6. The van der Waals surface area contributed by atoms with Crippen LogP contribution in [-0.4, -0.2) is 11.9 Å². The second-order valence-electron chi connectivity index (χ2n) is 6.27. The second-order valence-corrected chi connectivity index (χ2v) is 6.27. The number of esters is 1. The first-order valence-corrected chi connectivity index (χ1v) is 8.91. The molecule has 142 valence electrons. The van der Waals surface area contributed by atoms with Crippen LogP contribution in [0.5, 0.6) is 5.75 Å². The number of nitriles is 1. The van der Waals surface area contributed by atoms with Gasteiger partial charge in [0, 0.05) is 18.7 Å². The van der Waals surface area contributed by atoms with Crippen LogP contribution in [-0.2, 0) is 9.59 Å². The molecular formula is C24H18N2O3. The van der Waals surface area contributed by atoms with Crippen molar-refractivity contribution in [3.8, 4) is 22.9 Å². The Morgan fingerprint density at radius 2 is 1.48 bits per heavy atom. The summed E-state index contributed by atoms with van der Waals surface area (Å²) in [6.45, 7) is 1.45. The van der Waals surface area contributed by atoms with E-state index in [1.807, 2.05) is 24.3 Å². The lowest BCUT2D eigenvalue weighted by atomic mass is 10.0. The predicted molar refractivity (Wildman–Crippen MR) is 112 cm³/mol. The first-order valence-electron chi connectivity index (χ1n) is 8.91. The van der Waals surface area contributed by atoms with Gasteiger partial charge in [-0.15, -0.1) is 0 Å². The molecule has 3 rings (SSSR count). The van der Waals surface area contributed by atoms with Crippen LogP contribution in [0.4, 0.5) is 5.69 Å². The van der Waals surface area contributed by atoms with Crippen LogP contribution in [0.1, 0.15) is 18.1 Å². The van der Waals surface area contributed by atoms with Crippen LogP contribution in [0, 0.1) is 11.3 Å². The van der Waals surface area contributed by atoms with Crippen molar-refractivity contribution in [1.29, 1.82) is 5.26 Å². The van der Waals surface area contributed by atoms with Crippen molar-refractivity contribution < 1.29 is 14.3 Å². The van der Waals surface area contributed by atoms with Crippen molar-refractivity contribution >= 4 is 23.6 Å². The molecule has 5 nitrogen and oxygen atoms in total. The Kier molecular flexibility index (Phi) is 6.18. The number of anilines is 1. The summed E-state index contributed by atoms with van der Waals surface area (Å²) in [5.74, 6) is -0.179. The molecule has 0 saturated carbocycles. The van der Waals surface area contributed by atoms with Gasteiger partial charge in [0.2, 0.25) is 5.91 Å². The van der Waals surface area contributed by atoms with E-state index in [2.05, 4.69) is 11.4 Å². The fourth-order valence-electron chi connectivity index (χ4n) is 2.65. The average molecular weight is 382 g/mol. The molecule has 1 N–H and O–H groups in total. The molecule has 5 heteroatoms. The molecule has 1 amide bonds. The van der Waals surface area contributed by atoms with E-state index < -0.39 is 5.97 Å². The van der Waals surface area contributed by atoms with Crippen LogP contribution < -0.4 is 10.1 Å². The third-order valence-electron chi connectivity index (χ3n) is 4.06. The third-order valence-corrected chi connectivity index (χ3v) is 4.06. The Morgan fingerprint density at radius 3 is 2.03 bits per heavy atom. The minimum Gasteiger partial charge on any atom is -0.423 e. The summed E-state index contributed by atoms with van der Waals surface area (Å²) in [6.07, 6.45) is 2.99. The van der Waals surface area contributed by atoms with Gasteiger partial charge in [0.05, 0.1) is 11.6 Å². The van der Waals surface area contributed by atoms with Crippen molar-refractivity contribution in [2.45, 2.75) is 6.92 Å². The normalized spacial score (nSPS) is 10.3. The summed E-state index contributed by atoms with van der Waals surface area (Å²) in [4.78, 5) is 23.0. The Labute approximate surface area is 168 Å². The van der Waals surface area contributed by atoms with Gasteiger partial charge in [-0.25, -0.2) is 4.79 Å². The number of carbonyl (C=O) groups is 2. The Balaban J connectivity index is 1.59. The molecule has 3 aromatic rings. The number of amides is 1. The number of benzene rings is 3. The number of ether oxygens (including phenoxy) is 1. The van der Waals surface area contributed by atoms with Gasteiger partial charge in [-0.1, -0.05) is 36.4 Å². The van der Waals surface area contributed by atoms with Gasteiger partial charge in [0.1, 0.15) is 5.75 Å². The molecule has 0 atom stereocenters. The Hall–Kier alpha value is -4.17. The summed E-state index contributed by atoms with van der Waals surface area (Å²) in [5.41, 5.74) is 4.05. The number of rotatable bonds is 5. The predicted octanol–water partition coefficient (Wildman–Crippen LogP) is 4.80. The molecule has 3 aromatic carbocycles. The third kappa shape index (κ3) is 5.65. The summed E-state index contributed by atoms with van der Waals surface area (Å²) < 4.78 is 5.31.